The average Bonchev–Trinajstić information content (AvgIpc) is 2.65. The number of carbonyl (C=O) groups is 3. The molecule has 0 fully saturated rings. The van der Waals surface area contributed by atoms with Gasteiger partial charge in [0.1, 0.15) is 12.0 Å². The quantitative estimate of drug-likeness (QED) is 0.587. The monoisotopic (exact) mass is 341 g/mol. The lowest BCUT2D eigenvalue weighted by atomic mass is 10.2. The number of amides is 1. The highest BCUT2D eigenvalue weighted by Crippen LogP contribution is 2.11. The molecule has 0 aliphatic carbocycles. The molecule has 0 bridgehead atoms. The highest BCUT2D eigenvalue weighted by molar-refractivity contribution is 5.83. The predicted molar refractivity (Wildman–Crippen MR) is 91.2 cm³/mol. The summed E-state index contributed by atoms with van der Waals surface area (Å²) in [7, 11) is 0. The van der Waals surface area contributed by atoms with Gasteiger partial charge in [-0.05, 0) is 36.8 Å². The van der Waals surface area contributed by atoms with Crippen LogP contribution in [0.25, 0.3) is 0 Å². The van der Waals surface area contributed by atoms with E-state index in [1.54, 1.807) is 24.3 Å². The molecule has 0 saturated carbocycles. The molecule has 130 valence electrons. The number of carbonyl (C=O) groups excluding carboxylic acids is 3. The second kappa shape index (κ2) is 9.22. The zero-order valence-corrected chi connectivity index (χ0v) is 13.8. The van der Waals surface area contributed by atoms with Gasteiger partial charge in [0, 0.05) is 12.1 Å². The Morgan fingerprint density at radius 2 is 1.76 bits per heavy atom. The minimum absolute atomic E-state index is 0.323. The zero-order valence-electron chi connectivity index (χ0n) is 13.8. The van der Waals surface area contributed by atoms with E-state index in [1.165, 1.54) is 6.92 Å². The lowest BCUT2D eigenvalue weighted by Gasteiger charge is -2.14. The van der Waals surface area contributed by atoms with Crippen LogP contribution in [0, 0.1) is 0 Å². The summed E-state index contributed by atoms with van der Waals surface area (Å²) in [5.74, 6) is -0.599. The van der Waals surface area contributed by atoms with Crippen molar-refractivity contribution in [2.75, 3.05) is 6.61 Å². The summed E-state index contributed by atoms with van der Waals surface area (Å²) < 4.78 is 10.3. The van der Waals surface area contributed by atoms with Crippen molar-refractivity contribution in [2.45, 2.75) is 19.6 Å². The molecule has 2 aromatic carbocycles. The summed E-state index contributed by atoms with van der Waals surface area (Å²) in [5.41, 5.74) is 1.47. The Balaban J connectivity index is 1.72. The minimum atomic E-state index is -0.919. The standard InChI is InChI=1S/C19H19NO5/c1-14(19(23)20-11-15-5-3-2-4-6-15)25-18(22)13-24-17-9-7-16(12-21)8-10-17/h2-10,12,14H,11,13H2,1H3,(H,20,23)/t14-/m0/s1. The first-order valence-electron chi connectivity index (χ1n) is 7.77. The summed E-state index contributed by atoms with van der Waals surface area (Å²) in [6, 6.07) is 15.7. The number of esters is 1. The maximum Gasteiger partial charge on any atom is 0.344 e. The molecule has 0 aliphatic heterocycles. The number of aldehydes is 1. The number of hydrogen-bond acceptors (Lipinski definition) is 5. The first-order chi connectivity index (χ1) is 12.1. The first kappa shape index (κ1) is 18.2. The second-order valence-corrected chi connectivity index (χ2v) is 5.31. The molecule has 2 aromatic rings. The van der Waals surface area contributed by atoms with Crippen molar-refractivity contribution < 1.29 is 23.9 Å². The van der Waals surface area contributed by atoms with E-state index in [-0.39, 0.29) is 12.5 Å². The van der Waals surface area contributed by atoms with Crippen LogP contribution in [-0.2, 0) is 20.9 Å². The van der Waals surface area contributed by atoms with Crippen LogP contribution in [0.2, 0.25) is 0 Å². The van der Waals surface area contributed by atoms with Crippen LogP contribution in [0.3, 0.4) is 0 Å². The average molecular weight is 341 g/mol. The minimum Gasteiger partial charge on any atom is -0.482 e. The Labute approximate surface area is 145 Å². The van der Waals surface area contributed by atoms with E-state index in [4.69, 9.17) is 9.47 Å². The summed E-state index contributed by atoms with van der Waals surface area (Å²) in [6.45, 7) is 1.54. The molecule has 2 rings (SSSR count). The molecule has 1 atom stereocenters. The molecule has 0 heterocycles. The topological polar surface area (TPSA) is 81.7 Å². The highest BCUT2D eigenvalue weighted by Gasteiger charge is 2.17. The van der Waals surface area contributed by atoms with Gasteiger partial charge in [0.25, 0.3) is 5.91 Å². The Hall–Kier alpha value is -3.15. The van der Waals surface area contributed by atoms with Gasteiger partial charge in [0.2, 0.25) is 0 Å². The molecule has 0 radical (unpaired) electrons. The van der Waals surface area contributed by atoms with Crippen molar-refractivity contribution in [2.24, 2.45) is 0 Å². The summed E-state index contributed by atoms with van der Waals surface area (Å²) in [5, 5.41) is 2.70. The van der Waals surface area contributed by atoms with Crippen molar-refractivity contribution in [1.29, 1.82) is 0 Å². The van der Waals surface area contributed by atoms with E-state index in [0.717, 1.165) is 5.56 Å². The Kier molecular flexibility index (Phi) is 6.71. The zero-order chi connectivity index (χ0) is 18.1. The van der Waals surface area contributed by atoms with E-state index in [0.29, 0.717) is 24.1 Å². The van der Waals surface area contributed by atoms with Crippen molar-refractivity contribution >= 4 is 18.2 Å². The maximum atomic E-state index is 11.9. The van der Waals surface area contributed by atoms with Crippen LogP contribution < -0.4 is 10.1 Å². The van der Waals surface area contributed by atoms with Gasteiger partial charge >= 0.3 is 5.97 Å². The highest BCUT2D eigenvalue weighted by atomic mass is 16.6. The number of hydrogen-bond donors (Lipinski definition) is 1. The van der Waals surface area contributed by atoms with Gasteiger partial charge in [0.15, 0.2) is 12.7 Å². The van der Waals surface area contributed by atoms with Crippen molar-refractivity contribution in [1.82, 2.24) is 5.32 Å². The SMILES string of the molecule is C[C@H](OC(=O)COc1ccc(C=O)cc1)C(=O)NCc1ccccc1. The molecule has 0 saturated heterocycles. The molecule has 1 N–H and O–H groups in total. The molecule has 0 spiro atoms. The summed E-state index contributed by atoms with van der Waals surface area (Å²) >= 11 is 0. The largest absolute Gasteiger partial charge is 0.482 e. The fraction of sp³-hybridized carbons (Fsp3) is 0.211. The lowest BCUT2D eigenvalue weighted by molar-refractivity contribution is -0.156. The lowest BCUT2D eigenvalue weighted by Crippen LogP contribution is -2.36. The summed E-state index contributed by atoms with van der Waals surface area (Å²) in [6.07, 6.45) is -0.203. The van der Waals surface area contributed by atoms with Gasteiger partial charge < -0.3 is 14.8 Å². The Morgan fingerprint density at radius 1 is 1.08 bits per heavy atom. The van der Waals surface area contributed by atoms with Crippen molar-refractivity contribution in [3.63, 3.8) is 0 Å². The van der Waals surface area contributed by atoms with Crippen LogP contribution in [0.4, 0.5) is 0 Å². The third-order valence-corrected chi connectivity index (χ3v) is 3.36. The normalized spacial score (nSPS) is 11.2. The number of nitrogens with one attached hydrogen (secondary N) is 1. The number of rotatable bonds is 8. The van der Waals surface area contributed by atoms with Gasteiger partial charge in [-0.1, -0.05) is 30.3 Å². The summed E-state index contributed by atoms with van der Waals surface area (Å²) in [4.78, 5) is 34.2. The fourth-order valence-corrected chi connectivity index (χ4v) is 2.00. The number of benzene rings is 2. The maximum absolute atomic E-state index is 11.9. The van der Waals surface area contributed by atoms with E-state index in [9.17, 15) is 14.4 Å². The molecule has 25 heavy (non-hydrogen) atoms. The molecule has 6 heteroatoms. The fourth-order valence-electron chi connectivity index (χ4n) is 2.00. The van der Waals surface area contributed by atoms with E-state index >= 15 is 0 Å². The van der Waals surface area contributed by atoms with Gasteiger partial charge in [-0.2, -0.15) is 0 Å². The molecule has 1 amide bonds. The van der Waals surface area contributed by atoms with Gasteiger partial charge in [0.05, 0.1) is 0 Å². The molecule has 0 aliphatic rings. The molecule has 6 nitrogen and oxygen atoms in total. The Morgan fingerprint density at radius 3 is 2.40 bits per heavy atom. The van der Waals surface area contributed by atoms with Crippen LogP contribution in [0.1, 0.15) is 22.8 Å². The third-order valence-electron chi connectivity index (χ3n) is 3.36. The van der Waals surface area contributed by atoms with Crippen molar-refractivity contribution in [3.8, 4) is 5.75 Å². The van der Waals surface area contributed by atoms with E-state index in [2.05, 4.69) is 5.32 Å². The Bertz CT molecular complexity index is 712. The van der Waals surface area contributed by atoms with Crippen LogP contribution in [0.5, 0.6) is 5.75 Å². The second-order valence-electron chi connectivity index (χ2n) is 5.31. The van der Waals surface area contributed by atoms with E-state index in [1.807, 2.05) is 30.3 Å². The predicted octanol–water partition coefficient (Wildman–Crippen LogP) is 2.13. The van der Waals surface area contributed by atoms with Crippen LogP contribution in [-0.4, -0.2) is 30.9 Å². The first-order valence-corrected chi connectivity index (χ1v) is 7.77. The smallest absolute Gasteiger partial charge is 0.344 e. The molecule has 0 aromatic heterocycles. The molecular weight excluding hydrogens is 322 g/mol. The third kappa shape index (κ3) is 6.10. The van der Waals surface area contributed by atoms with Gasteiger partial charge in [-0.25, -0.2) is 4.79 Å². The number of ether oxygens (including phenoxy) is 2. The molecular formula is C19H19NO5. The van der Waals surface area contributed by atoms with Gasteiger partial charge in [-0.3, -0.25) is 9.59 Å². The van der Waals surface area contributed by atoms with Crippen molar-refractivity contribution in [3.05, 3.63) is 65.7 Å². The van der Waals surface area contributed by atoms with Gasteiger partial charge in [-0.15, -0.1) is 0 Å². The molecule has 0 unspecified atom stereocenters. The van der Waals surface area contributed by atoms with Crippen LogP contribution in [0.15, 0.2) is 54.6 Å². The van der Waals surface area contributed by atoms with Crippen LogP contribution >= 0.6 is 0 Å². The van der Waals surface area contributed by atoms with E-state index < -0.39 is 12.1 Å².